The van der Waals surface area contributed by atoms with E-state index in [0.717, 1.165) is 0 Å². The van der Waals surface area contributed by atoms with Gasteiger partial charge in [-0.3, -0.25) is 0 Å². The number of hydrogen-bond acceptors (Lipinski definition) is 5. The molecule has 84 valence electrons. The summed E-state index contributed by atoms with van der Waals surface area (Å²) in [5.74, 6) is 0.0942. The monoisotopic (exact) mass is 248 g/mol. The average Bonchev–Trinajstić information content (AvgIpc) is 2.33. The van der Waals surface area contributed by atoms with E-state index >= 15 is 0 Å². The molecule has 0 unspecified atom stereocenters. The highest BCUT2D eigenvalue weighted by Gasteiger charge is 2.19. The fraction of sp³-hybridized carbons (Fsp3) is 0.500. The topological polar surface area (TPSA) is 86.2 Å². The highest BCUT2D eigenvalue weighted by atomic mass is 32.2. The molecule has 0 aliphatic heterocycles. The van der Waals surface area contributed by atoms with Gasteiger partial charge in [-0.15, -0.1) is 0 Å². The highest BCUT2D eigenvalue weighted by Crippen LogP contribution is 2.15. The molecule has 0 aliphatic carbocycles. The summed E-state index contributed by atoms with van der Waals surface area (Å²) in [5.41, 5.74) is 6.37. The Morgan fingerprint density at radius 2 is 2.13 bits per heavy atom. The number of nitrogens with zero attached hydrogens (tertiary/aromatic N) is 1. The molecule has 15 heavy (non-hydrogen) atoms. The van der Waals surface area contributed by atoms with Crippen molar-refractivity contribution in [3.05, 3.63) is 17.0 Å². The lowest BCUT2D eigenvalue weighted by molar-refractivity contribution is 0.392. The zero-order chi connectivity index (χ0) is 11.6. The van der Waals surface area contributed by atoms with Crippen LogP contribution in [0.1, 0.15) is 17.0 Å². The van der Waals surface area contributed by atoms with Gasteiger partial charge in [-0.2, -0.15) is 0 Å². The molecule has 0 amide bonds. The Hall–Kier alpha value is -0.950. The molecular weight excluding hydrogens is 236 g/mol. The van der Waals surface area contributed by atoms with Crippen LogP contribution in [0.2, 0.25) is 0 Å². The first-order valence-electron chi connectivity index (χ1n) is 4.22. The largest absolute Gasteiger partial charge is 0.392 e. The van der Waals surface area contributed by atoms with Gasteiger partial charge in [-0.05, 0) is 13.8 Å². The van der Waals surface area contributed by atoms with Crippen molar-refractivity contribution in [2.75, 3.05) is 5.75 Å². The van der Waals surface area contributed by atoms with Gasteiger partial charge in [0.15, 0.2) is 9.84 Å². The van der Waals surface area contributed by atoms with E-state index in [0.29, 0.717) is 17.0 Å². The molecule has 1 rings (SSSR count). The van der Waals surface area contributed by atoms with E-state index in [4.69, 9.17) is 10.3 Å². The summed E-state index contributed by atoms with van der Waals surface area (Å²) in [6.45, 7) is 3.37. The minimum Gasteiger partial charge on any atom is -0.392 e. The summed E-state index contributed by atoms with van der Waals surface area (Å²) >= 11 is 4.56. The van der Waals surface area contributed by atoms with Gasteiger partial charge in [0.05, 0.1) is 16.4 Å². The predicted octanol–water partition coefficient (Wildman–Crippen LogP) is 0.492. The Morgan fingerprint density at radius 1 is 1.53 bits per heavy atom. The summed E-state index contributed by atoms with van der Waals surface area (Å²) in [4.78, 5) is -0.0261. The quantitative estimate of drug-likeness (QED) is 0.780. The van der Waals surface area contributed by atoms with E-state index < -0.39 is 9.84 Å². The maximum atomic E-state index is 11.6. The van der Waals surface area contributed by atoms with Crippen molar-refractivity contribution in [1.82, 2.24) is 5.16 Å². The third-order valence-corrected chi connectivity index (χ3v) is 3.71. The maximum Gasteiger partial charge on any atom is 0.161 e. The lowest BCUT2D eigenvalue weighted by atomic mass is 10.2. The van der Waals surface area contributed by atoms with Gasteiger partial charge in [0.25, 0.3) is 0 Å². The van der Waals surface area contributed by atoms with Crippen molar-refractivity contribution in [3.63, 3.8) is 0 Å². The summed E-state index contributed by atoms with van der Waals surface area (Å²) in [7, 11) is -3.32. The first kappa shape index (κ1) is 12.1. The number of hydrogen-bond donors (Lipinski definition) is 1. The average molecular weight is 248 g/mol. The standard InChI is InChI=1S/C8H12N2O3S2/c1-5-7(6(2)13-10-5)3-15(11,12)4-8(9)14/h3-4H2,1-2H3,(H2,9,14). The zero-order valence-electron chi connectivity index (χ0n) is 8.48. The Balaban J connectivity index is 2.91. The van der Waals surface area contributed by atoms with E-state index in [1.54, 1.807) is 13.8 Å². The fourth-order valence-corrected chi connectivity index (χ4v) is 3.12. The summed E-state index contributed by atoms with van der Waals surface area (Å²) in [6.07, 6.45) is 0. The van der Waals surface area contributed by atoms with Gasteiger partial charge < -0.3 is 10.3 Å². The molecule has 2 N–H and O–H groups in total. The Bertz CT molecular complexity index is 457. The molecule has 1 heterocycles. The van der Waals surface area contributed by atoms with E-state index in [1.807, 2.05) is 0 Å². The van der Waals surface area contributed by atoms with Gasteiger partial charge in [0, 0.05) is 5.56 Å². The maximum absolute atomic E-state index is 11.6. The number of sulfone groups is 1. The van der Waals surface area contributed by atoms with Crippen LogP contribution in [-0.4, -0.2) is 24.3 Å². The molecule has 0 fully saturated rings. The van der Waals surface area contributed by atoms with Crippen LogP contribution in [-0.2, 0) is 15.6 Å². The lowest BCUT2D eigenvalue weighted by Crippen LogP contribution is -2.22. The normalized spacial score (nSPS) is 11.6. The van der Waals surface area contributed by atoms with Gasteiger partial charge in [-0.1, -0.05) is 17.4 Å². The van der Waals surface area contributed by atoms with Gasteiger partial charge in [0.2, 0.25) is 0 Å². The molecule has 0 saturated carbocycles. The summed E-state index contributed by atoms with van der Waals surface area (Å²) < 4.78 is 28.0. The molecule has 5 nitrogen and oxygen atoms in total. The van der Waals surface area contributed by atoms with Crippen molar-refractivity contribution < 1.29 is 12.9 Å². The predicted molar refractivity (Wildman–Crippen MR) is 60.3 cm³/mol. The van der Waals surface area contributed by atoms with Crippen LogP contribution in [0.25, 0.3) is 0 Å². The van der Waals surface area contributed by atoms with Crippen LogP contribution >= 0.6 is 12.2 Å². The molecule has 0 spiro atoms. The van der Waals surface area contributed by atoms with Gasteiger partial charge >= 0.3 is 0 Å². The number of aryl methyl sites for hydroxylation is 2. The Labute approximate surface area is 93.5 Å². The minimum absolute atomic E-state index is 0.0261. The number of aromatic nitrogens is 1. The van der Waals surface area contributed by atoms with E-state index in [9.17, 15) is 8.42 Å². The zero-order valence-corrected chi connectivity index (χ0v) is 10.1. The minimum atomic E-state index is -3.32. The van der Waals surface area contributed by atoms with Crippen molar-refractivity contribution in [3.8, 4) is 0 Å². The van der Waals surface area contributed by atoms with Gasteiger partial charge in [-0.25, -0.2) is 8.42 Å². The van der Waals surface area contributed by atoms with Crippen molar-refractivity contribution in [2.24, 2.45) is 5.73 Å². The Morgan fingerprint density at radius 3 is 2.53 bits per heavy atom. The molecule has 1 aromatic heterocycles. The van der Waals surface area contributed by atoms with Crippen LogP contribution in [0.15, 0.2) is 4.52 Å². The third-order valence-electron chi connectivity index (χ3n) is 1.91. The molecule has 0 radical (unpaired) electrons. The van der Waals surface area contributed by atoms with Crippen molar-refractivity contribution in [1.29, 1.82) is 0 Å². The van der Waals surface area contributed by atoms with Crippen LogP contribution < -0.4 is 5.73 Å². The first-order chi connectivity index (χ1) is 6.82. The SMILES string of the molecule is Cc1noc(C)c1CS(=O)(=O)CC(N)=S. The van der Waals surface area contributed by atoms with Crippen LogP contribution in [0.5, 0.6) is 0 Å². The molecule has 0 aromatic carbocycles. The molecule has 0 saturated heterocycles. The van der Waals surface area contributed by atoms with Crippen molar-refractivity contribution in [2.45, 2.75) is 19.6 Å². The second-order valence-electron chi connectivity index (χ2n) is 3.30. The second-order valence-corrected chi connectivity index (χ2v) is 5.89. The fourth-order valence-electron chi connectivity index (χ4n) is 1.20. The lowest BCUT2D eigenvalue weighted by Gasteiger charge is -2.02. The van der Waals surface area contributed by atoms with Gasteiger partial charge in [0.1, 0.15) is 11.5 Å². The summed E-state index contributed by atoms with van der Waals surface area (Å²) in [5, 5.41) is 3.68. The van der Waals surface area contributed by atoms with E-state index in [1.165, 1.54) is 0 Å². The smallest absolute Gasteiger partial charge is 0.161 e. The molecule has 0 atom stereocenters. The molecule has 0 aliphatic rings. The molecule has 0 bridgehead atoms. The summed E-state index contributed by atoms with van der Waals surface area (Å²) in [6, 6.07) is 0. The highest BCUT2D eigenvalue weighted by molar-refractivity contribution is 7.93. The molecule has 1 aromatic rings. The van der Waals surface area contributed by atoms with E-state index in [2.05, 4.69) is 17.4 Å². The molecular formula is C8H12N2O3S2. The number of rotatable bonds is 4. The first-order valence-corrected chi connectivity index (χ1v) is 6.45. The van der Waals surface area contributed by atoms with Crippen molar-refractivity contribution >= 4 is 27.0 Å². The van der Waals surface area contributed by atoms with Crippen LogP contribution in [0, 0.1) is 13.8 Å². The number of thiocarbonyl (C=S) groups is 1. The van der Waals surface area contributed by atoms with E-state index in [-0.39, 0.29) is 16.5 Å². The van der Waals surface area contributed by atoms with Crippen LogP contribution in [0.4, 0.5) is 0 Å². The molecule has 7 heteroatoms. The Kier molecular flexibility index (Phi) is 3.46. The third kappa shape index (κ3) is 3.28. The van der Waals surface area contributed by atoms with Crippen LogP contribution in [0.3, 0.4) is 0 Å². The second kappa shape index (κ2) is 4.28. The number of nitrogens with two attached hydrogens (primary N) is 1.